The van der Waals surface area contributed by atoms with Crippen molar-refractivity contribution in [3.63, 3.8) is 0 Å². The molecule has 5 heteroatoms. The zero-order valence-electron chi connectivity index (χ0n) is 9.43. The molecule has 0 saturated carbocycles. The van der Waals surface area contributed by atoms with Gasteiger partial charge in [0, 0.05) is 26.1 Å². The molecule has 2 atom stereocenters. The maximum Gasteiger partial charge on any atom is 0.305 e. The Morgan fingerprint density at radius 1 is 1.40 bits per heavy atom. The number of hydrogen-bond acceptors (Lipinski definition) is 3. The van der Waals surface area contributed by atoms with E-state index in [9.17, 15) is 9.59 Å². The molecule has 1 heterocycles. The van der Waals surface area contributed by atoms with E-state index in [1.54, 1.807) is 4.90 Å². The Labute approximate surface area is 89.7 Å². The molecular weight excluding hydrogens is 196 g/mol. The summed E-state index contributed by atoms with van der Waals surface area (Å²) in [6, 6.07) is -0.113. The molecule has 1 amide bonds. The Morgan fingerprint density at radius 2 is 2.00 bits per heavy atom. The first-order chi connectivity index (χ1) is 6.93. The second kappa shape index (κ2) is 4.61. The summed E-state index contributed by atoms with van der Waals surface area (Å²) < 4.78 is 0. The van der Waals surface area contributed by atoms with Gasteiger partial charge in [0.1, 0.15) is 0 Å². The highest BCUT2D eigenvalue weighted by molar-refractivity contribution is 5.75. The molecule has 15 heavy (non-hydrogen) atoms. The number of likely N-dealkylation sites (N-methyl/N-ethyl adjacent to an activating group) is 1. The lowest BCUT2D eigenvalue weighted by Gasteiger charge is -2.44. The van der Waals surface area contributed by atoms with Gasteiger partial charge in [0.25, 0.3) is 0 Å². The summed E-state index contributed by atoms with van der Waals surface area (Å²) in [5.74, 6) is -0.894. The molecule has 0 bridgehead atoms. The molecule has 0 aromatic heterocycles. The molecule has 1 aliphatic rings. The van der Waals surface area contributed by atoms with Gasteiger partial charge >= 0.3 is 5.97 Å². The van der Waals surface area contributed by atoms with Crippen LogP contribution in [0.5, 0.6) is 0 Å². The summed E-state index contributed by atoms with van der Waals surface area (Å²) in [5.41, 5.74) is 0. The highest BCUT2D eigenvalue weighted by Crippen LogP contribution is 2.18. The largest absolute Gasteiger partial charge is 0.481 e. The van der Waals surface area contributed by atoms with Gasteiger partial charge in [-0.15, -0.1) is 0 Å². The standard InChI is InChI=1S/C10H18N2O3/c1-7-9(6-10(14)15)12(8(2)13)5-4-11(7)3/h7,9H,4-6H2,1-3H3,(H,14,15)/t7-,9-/m1/s1. The van der Waals surface area contributed by atoms with E-state index in [1.165, 1.54) is 6.92 Å². The monoisotopic (exact) mass is 214 g/mol. The summed E-state index contributed by atoms with van der Waals surface area (Å²) in [6.45, 7) is 4.88. The summed E-state index contributed by atoms with van der Waals surface area (Å²) >= 11 is 0. The van der Waals surface area contributed by atoms with Gasteiger partial charge in [-0.1, -0.05) is 0 Å². The van der Waals surface area contributed by atoms with Crippen molar-refractivity contribution in [2.45, 2.75) is 32.4 Å². The van der Waals surface area contributed by atoms with Gasteiger partial charge < -0.3 is 10.0 Å². The van der Waals surface area contributed by atoms with Crippen LogP contribution in [0, 0.1) is 0 Å². The van der Waals surface area contributed by atoms with Crippen LogP contribution in [-0.4, -0.2) is 59.0 Å². The first kappa shape index (κ1) is 12.0. The smallest absolute Gasteiger partial charge is 0.305 e. The first-order valence-electron chi connectivity index (χ1n) is 5.12. The zero-order chi connectivity index (χ0) is 11.6. The van der Waals surface area contributed by atoms with E-state index in [2.05, 4.69) is 4.90 Å². The minimum atomic E-state index is -0.853. The van der Waals surface area contributed by atoms with Crippen LogP contribution < -0.4 is 0 Å². The van der Waals surface area contributed by atoms with Gasteiger partial charge in [-0.2, -0.15) is 0 Å². The lowest BCUT2D eigenvalue weighted by molar-refractivity contribution is -0.143. The van der Waals surface area contributed by atoms with Crippen LogP contribution in [0.3, 0.4) is 0 Å². The summed E-state index contributed by atoms with van der Waals surface area (Å²) in [7, 11) is 1.96. The van der Waals surface area contributed by atoms with Crippen molar-refractivity contribution < 1.29 is 14.7 Å². The Morgan fingerprint density at radius 3 is 2.47 bits per heavy atom. The number of piperazine rings is 1. The molecule has 1 rings (SSSR count). The van der Waals surface area contributed by atoms with Crippen molar-refractivity contribution in [3.8, 4) is 0 Å². The van der Waals surface area contributed by atoms with Crippen LogP contribution in [0.2, 0.25) is 0 Å². The average molecular weight is 214 g/mol. The topological polar surface area (TPSA) is 60.9 Å². The quantitative estimate of drug-likeness (QED) is 0.703. The van der Waals surface area contributed by atoms with Crippen molar-refractivity contribution in [2.75, 3.05) is 20.1 Å². The molecule has 86 valence electrons. The number of carboxylic acids is 1. The molecule has 1 N–H and O–H groups in total. The van der Waals surface area contributed by atoms with E-state index in [1.807, 2.05) is 14.0 Å². The highest BCUT2D eigenvalue weighted by Gasteiger charge is 2.34. The third-order valence-corrected chi connectivity index (χ3v) is 3.13. The fourth-order valence-corrected chi connectivity index (χ4v) is 2.04. The lowest BCUT2D eigenvalue weighted by atomic mass is 10.00. The van der Waals surface area contributed by atoms with Gasteiger partial charge in [0.15, 0.2) is 0 Å². The van der Waals surface area contributed by atoms with Crippen molar-refractivity contribution in [3.05, 3.63) is 0 Å². The summed E-state index contributed by atoms with van der Waals surface area (Å²) in [5, 5.41) is 8.81. The minimum absolute atomic E-state index is 0.0189. The maximum absolute atomic E-state index is 11.4. The predicted octanol–water partition coefficient (Wildman–Crippen LogP) is 0.0121. The first-order valence-corrected chi connectivity index (χ1v) is 5.12. The fourth-order valence-electron chi connectivity index (χ4n) is 2.04. The molecule has 0 radical (unpaired) electrons. The molecule has 0 unspecified atom stereocenters. The number of amides is 1. The molecule has 0 aromatic carbocycles. The van der Waals surface area contributed by atoms with Crippen LogP contribution in [0.15, 0.2) is 0 Å². The molecule has 1 aliphatic heterocycles. The molecule has 0 aliphatic carbocycles. The Balaban J connectivity index is 2.79. The van der Waals surface area contributed by atoms with E-state index >= 15 is 0 Å². The van der Waals surface area contributed by atoms with Crippen molar-refractivity contribution in [2.24, 2.45) is 0 Å². The van der Waals surface area contributed by atoms with Crippen LogP contribution in [0.25, 0.3) is 0 Å². The van der Waals surface area contributed by atoms with Gasteiger partial charge in [0.2, 0.25) is 5.91 Å². The number of carboxylic acid groups (broad SMARTS) is 1. The normalized spacial score (nSPS) is 27.8. The number of carbonyl (C=O) groups excluding carboxylic acids is 1. The van der Waals surface area contributed by atoms with Crippen LogP contribution in [-0.2, 0) is 9.59 Å². The van der Waals surface area contributed by atoms with Gasteiger partial charge in [0.05, 0.1) is 12.5 Å². The predicted molar refractivity (Wildman–Crippen MR) is 55.5 cm³/mol. The van der Waals surface area contributed by atoms with Crippen molar-refractivity contribution in [1.29, 1.82) is 0 Å². The number of aliphatic carboxylic acids is 1. The van der Waals surface area contributed by atoms with E-state index in [-0.39, 0.29) is 24.4 Å². The third-order valence-electron chi connectivity index (χ3n) is 3.13. The van der Waals surface area contributed by atoms with Gasteiger partial charge in [-0.3, -0.25) is 14.5 Å². The molecule has 5 nitrogen and oxygen atoms in total. The zero-order valence-corrected chi connectivity index (χ0v) is 9.43. The maximum atomic E-state index is 11.4. The van der Waals surface area contributed by atoms with E-state index in [4.69, 9.17) is 5.11 Å². The number of nitrogens with zero attached hydrogens (tertiary/aromatic N) is 2. The molecule has 0 spiro atoms. The Hall–Kier alpha value is -1.10. The minimum Gasteiger partial charge on any atom is -0.481 e. The molecular formula is C10H18N2O3. The lowest BCUT2D eigenvalue weighted by Crippen LogP contribution is -2.59. The SMILES string of the molecule is CC(=O)N1CCN(C)[C@H](C)[C@H]1CC(=O)O. The summed E-state index contributed by atoms with van der Waals surface area (Å²) in [4.78, 5) is 25.8. The van der Waals surface area contributed by atoms with E-state index in [0.29, 0.717) is 6.54 Å². The van der Waals surface area contributed by atoms with Crippen molar-refractivity contribution >= 4 is 11.9 Å². The number of rotatable bonds is 2. The van der Waals surface area contributed by atoms with E-state index in [0.717, 1.165) is 6.54 Å². The van der Waals surface area contributed by atoms with Gasteiger partial charge in [-0.05, 0) is 14.0 Å². The van der Waals surface area contributed by atoms with Crippen LogP contribution in [0.4, 0.5) is 0 Å². The second-order valence-corrected chi connectivity index (χ2v) is 4.10. The molecule has 1 fully saturated rings. The number of carbonyl (C=O) groups is 2. The van der Waals surface area contributed by atoms with Crippen LogP contribution >= 0.6 is 0 Å². The molecule has 1 saturated heterocycles. The Bertz CT molecular complexity index is 267. The highest BCUT2D eigenvalue weighted by atomic mass is 16.4. The number of hydrogen-bond donors (Lipinski definition) is 1. The van der Waals surface area contributed by atoms with E-state index < -0.39 is 5.97 Å². The van der Waals surface area contributed by atoms with Gasteiger partial charge in [-0.25, -0.2) is 0 Å². The average Bonchev–Trinajstić information content (AvgIpc) is 2.12. The third kappa shape index (κ3) is 2.68. The Kier molecular flexibility index (Phi) is 3.68. The second-order valence-electron chi connectivity index (χ2n) is 4.10. The van der Waals surface area contributed by atoms with Crippen molar-refractivity contribution in [1.82, 2.24) is 9.80 Å². The summed E-state index contributed by atoms with van der Waals surface area (Å²) in [6.07, 6.45) is 0.0189. The van der Waals surface area contributed by atoms with Crippen LogP contribution in [0.1, 0.15) is 20.3 Å². The fraction of sp³-hybridized carbons (Fsp3) is 0.800. The molecule has 0 aromatic rings.